The number of hydrogen-bond donors (Lipinski definition) is 3. The number of nitrogens with two attached hydrogens (primary N) is 2. The van der Waals surface area contributed by atoms with Gasteiger partial charge in [-0.25, -0.2) is 0 Å². The second kappa shape index (κ2) is 26.1. The van der Waals surface area contributed by atoms with Gasteiger partial charge in [-0.2, -0.15) is 10.5 Å². The van der Waals surface area contributed by atoms with Crippen molar-refractivity contribution in [2.24, 2.45) is 23.3 Å². The number of fused-ring (bicyclic) bond motifs is 5. The molecule has 0 fully saturated rings. The molecule has 0 radical (unpaired) electrons. The van der Waals surface area contributed by atoms with Gasteiger partial charge in [0.1, 0.15) is 36.5 Å². The molecule has 59 heavy (non-hydrogen) atoms. The van der Waals surface area contributed by atoms with Crippen molar-refractivity contribution in [1.29, 1.82) is 10.5 Å². The third-order valence-electron chi connectivity index (χ3n) is 10.7. The molecule has 0 saturated carbocycles. The molecule has 1 heterocycles. The lowest BCUT2D eigenvalue weighted by Gasteiger charge is -2.32. The van der Waals surface area contributed by atoms with Crippen molar-refractivity contribution in [3.63, 3.8) is 0 Å². The Bertz CT molecular complexity index is 1800. The van der Waals surface area contributed by atoms with Crippen LogP contribution in [0.1, 0.15) is 127 Å². The monoisotopic (exact) mass is 812 g/mol. The molecule has 2 amide bonds. The second-order valence-electron chi connectivity index (χ2n) is 15.6. The lowest BCUT2D eigenvalue weighted by Crippen LogP contribution is -2.45. The van der Waals surface area contributed by atoms with E-state index in [1.54, 1.807) is 37.3 Å². The summed E-state index contributed by atoms with van der Waals surface area (Å²) in [5, 5.41) is 21.8. The van der Waals surface area contributed by atoms with Crippen molar-refractivity contribution in [2.45, 2.75) is 129 Å². The third-order valence-corrected chi connectivity index (χ3v) is 10.7. The van der Waals surface area contributed by atoms with E-state index in [0.29, 0.717) is 46.6 Å². The molecule has 1 aliphatic heterocycles. The van der Waals surface area contributed by atoms with Crippen LogP contribution >= 0.6 is 0 Å². The number of unbranched alkanes of at least 4 members (excludes halogenated alkanes) is 8. The number of nitriles is 2. The van der Waals surface area contributed by atoms with Crippen LogP contribution < -0.4 is 26.3 Å². The van der Waals surface area contributed by atoms with Gasteiger partial charge in [-0.15, -0.1) is 0 Å². The summed E-state index contributed by atoms with van der Waals surface area (Å²) in [7, 11) is 1.48. The number of benzene rings is 2. The molecule has 0 aromatic heterocycles. The van der Waals surface area contributed by atoms with E-state index >= 15 is 0 Å². The maximum atomic E-state index is 14.5. The maximum absolute atomic E-state index is 14.5. The Morgan fingerprint density at radius 3 is 2.07 bits per heavy atom. The van der Waals surface area contributed by atoms with Crippen LogP contribution in [-0.4, -0.2) is 73.5 Å². The quantitative estimate of drug-likeness (QED) is 0.0979. The first-order valence-electron chi connectivity index (χ1n) is 21.3. The van der Waals surface area contributed by atoms with Crippen molar-refractivity contribution < 1.29 is 33.4 Å². The van der Waals surface area contributed by atoms with E-state index in [0.717, 1.165) is 19.3 Å². The minimum Gasteiger partial charge on any atom is -0.492 e. The maximum Gasteiger partial charge on any atom is 0.227 e. The van der Waals surface area contributed by atoms with E-state index in [9.17, 15) is 34.5 Å². The summed E-state index contributed by atoms with van der Waals surface area (Å²) in [4.78, 5) is 70.4. The van der Waals surface area contributed by atoms with Gasteiger partial charge < -0.3 is 31.2 Å². The highest BCUT2D eigenvalue weighted by atomic mass is 16.5. The number of ketones is 3. The molecule has 0 spiro atoms. The summed E-state index contributed by atoms with van der Waals surface area (Å²) in [5.41, 5.74) is 13.8. The summed E-state index contributed by atoms with van der Waals surface area (Å²) in [6.07, 6.45) is 9.64. The van der Waals surface area contributed by atoms with Crippen LogP contribution in [-0.2, 0) is 30.4 Å². The van der Waals surface area contributed by atoms with Crippen molar-refractivity contribution >= 4 is 29.2 Å². The Morgan fingerprint density at radius 2 is 1.46 bits per heavy atom. The van der Waals surface area contributed by atoms with Crippen LogP contribution in [0.25, 0.3) is 11.1 Å². The summed E-state index contributed by atoms with van der Waals surface area (Å²) >= 11 is 0. The Labute approximate surface area is 350 Å². The van der Waals surface area contributed by atoms with Crippen LogP contribution in [0.15, 0.2) is 36.4 Å². The molecule has 13 heteroatoms. The zero-order valence-corrected chi connectivity index (χ0v) is 35.3. The number of nitrogens with zero attached hydrogens (tertiary/aromatic N) is 3. The molecule has 1 aliphatic rings. The fourth-order valence-corrected chi connectivity index (χ4v) is 7.49. The number of likely N-dealkylation sites (N-methyl/N-ethyl adjacent to an activating group) is 1. The molecular weight excluding hydrogens is 749 g/mol. The van der Waals surface area contributed by atoms with Crippen molar-refractivity contribution in [3.05, 3.63) is 47.5 Å². The van der Waals surface area contributed by atoms with Gasteiger partial charge in [0.25, 0.3) is 0 Å². The molecule has 2 aromatic carbocycles. The molecule has 320 valence electrons. The largest absolute Gasteiger partial charge is 0.492 e. The van der Waals surface area contributed by atoms with Crippen LogP contribution in [0, 0.1) is 34.5 Å². The number of hydrogen-bond acceptors (Lipinski definition) is 11. The summed E-state index contributed by atoms with van der Waals surface area (Å²) in [6, 6.07) is 12.3. The zero-order valence-electron chi connectivity index (χ0n) is 35.3. The number of amides is 2. The van der Waals surface area contributed by atoms with Gasteiger partial charge in [0.05, 0.1) is 24.1 Å². The molecule has 4 atom stereocenters. The molecule has 0 unspecified atom stereocenters. The number of carbonyl (C=O) groups is 5. The first-order valence-corrected chi connectivity index (χ1v) is 21.3. The molecule has 0 saturated heterocycles. The van der Waals surface area contributed by atoms with E-state index in [4.69, 9.17) is 20.9 Å². The van der Waals surface area contributed by atoms with Gasteiger partial charge >= 0.3 is 0 Å². The van der Waals surface area contributed by atoms with E-state index in [-0.39, 0.29) is 76.4 Å². The van der Waals surface area contributed by atoms with Gasteiger partial charge in [0.15, 0.2) is 11.6 Å². The number of rotatable bonds is 24. The van der Waals surface area contributed by atoms with Gasteiger partial charge in [0, 0.05) is 75.7 Å². The SMILES string of the molecule is CCCCCCCCCCCC(=O)C[C@@H](CC#N)C(=O)N(C)[C@@H]1C(=O)C[C@@H](C)C(=O)N[C@H](C(=O)CCC#N)Cc2ccc(OCCN)c(c2)-c2cc1ccc2OCCN. The highest BCUT2D eigenvalue weighted by molar-refractivity contribution is 5.96. The second-order valence-corrected chi connectivity index (χ2v) is 15.6. The van der Waals surface area contributed by atoms with Gasteiger partial charge in [0.2, 0.25) is 11.8 Å². The molecule has 3 rings (SSSR count). The fourth-order valence-electron chi connectivity index (χ4n) is 7.49. The van der Waals surface area contributed by atoms with Crippen molar-refractivity contribution in [1.82, 2.24) is 10.2 Å². The molecular formula is C46H64N6O7. The summed E-state index contributed by atoms with van der Waals surface area (Å²) in [5.74, 6) is -2.97. The predicted molar refractivity (Wildman–Crippen MR) is 226 cm³/mol. The van der Waals surface area contributed by atoms with Crippen LogP contribution in [0.2, 0.25) is 0 Å². The van der Waals surface area contributed by atoms with Gasteiger partial charge in [-0.3, -0.25) is 24.0 Å². The van der Waals surface area contributed by atoms with Gasteiger partial charge in [-0.05, 0) is 48.2 Å². The smallest absolute Gasteiger partial charge is 0.227 e. The topological polar surface area (TPSA) is 219 Å². The Balaban J connectivity index is 2.05. The minimum absolute atomic E-state index is 0.0231. The highest BCUT2D eigenvalue weighted by Crippen LogP contribution is 2.41. The van der Waals surface area contributed by atoms with E-state index < -0.39 is 41.5 Å². The number of carbonyl (C=O) groups excluding carboxylic acids is 5. The van der Waals surface area contributed by atoms with Crippen LogP contribution in [0.3, 0.4) is 0 Å². The molecule has 2 aromatic rings. The summed E-state index contributed by atoms with van der Waals surface area (Å²) < 4.78 is 12.2. The van der Waals surface area contributed by atoms with E-state index in [1.807, 2.05) is 12.1 Å². The van der Waals surface area contributed by atoms with Crippen molar-refractivity contribution in [3.8, 4) is 34.8 Å². The third kappa shape index (κ3) is 15.2. The van der Waals surface area contributed by atoms with Crippen LogP contribution in [0.5, 0.6) is 11.5 Å². The van der Waals surface area contributed by atoms with Gasteiger partial charge in [-0.1, -0.05) is 77.3 Å². The Hall–Kier alpha value is -5.11. The standard InChI is InChI=1S/C46H64N6O7/c1-4-5-6-7-8-9-10-11-12-14-36(53)30-35(20-22-48)46(57)52(3)44-34-17-19-43(59-26-24-50)38(31-34)37-28-33(16-18-42(37)58-25-23-49)29-39(40(54)15-13-21-47)51-45(56)32(2)27-41(44)55/h16-19,28,31-32,35,39,44H,4-15,20,23-27,29-30,49-50H2,1-3H3,(H,51,56)/t32-,35-,39+,44+/m1/s1. The number of ether oxygens (including phenoxy) is 2. The van der Waals surface area contributed by atoms with Crippen LogP contribution in [0.4, 0.5) is 0 Å². The average Bonchev–Trinajstić information content (AvgIpc) is 3.22. The number of nitrogens with one attached hydrogen (secondary N) is 1. The van der Waals surface area contributed by atoms with E-state index in [2.05, 4.69) is 18.3 Å². The Morgan fingerprint density at radius 1 is 0.847 bits per heavy atom. The minimum atomic E-state index is -1.22. The van der Waals surface area contributed by atoms with E-state index in [1.165, 1.54) is 44.1 Å². The fraction of sp³-hybridized carbons (Fsp3) is 0.587. The molecule has 13 nitrogen and oxygen atoms in total. The molecule has 4 bridgehead atoms. The lowest BCUT2D eigenvalue weighted by atomic mass is 9.88. The normalized spacial score (nSPS) is 17.1. The lowest BCUT2D eigenvalue weighted by molar-refractivity contribution is -0.143. The predicted octanol–water partition coefficient (Wildman–Crippen LogP) is 6.45. The zero-order chi connectivity index (χ0) is 43.2. The first kappa shape index (κ1) is 48.3. The molecule has 0 aliphatic carbocycles. The molecule has 5 N–H and O–H groups in total. The van der Waals surface area contributed by atoms with Crippen molar-refractivity contribution in [2.75, 3.05) is 33.4 Å². The summed E-state index contributed by atoms with van der Waals surface area (Å²) in [6.45, 7) is 4.58. The average molecular weight is 813 g/mol. The number of Topliss-reactive ketones (excluding diaryl/α,β-unsaturated/α-hetero) is 3. The highest BCUT2D eigenvalue weighted by Gasteiger charge is 2.36. The Kier molecular flexibility index (Phi) is 21.3. The first-order chi connectivity index (χ1) is 28.5.